The Labute approximate surface area is 154 Å². The number of nitrogens with zero attached hydrogens (tertiary/aromatic N) is 5. The summed E-state index contributed by atoms with van der Waals surface area (Å²) in [7, 11) is -3.75. The number of rotatable bonds is 4. The molecule has 0 atom stereocenters. The van der Waals surface area contributed by atoms with Crippen molar-refractivity contribution in [3.8, 4) is 6.01 Å². The maximum Gasteiger partial charge on any atom is 0.316 e. The average molecular weight is 396 g/mol. The fourth-order valence-electron chi connectivity index (χ4n) is 2.85. The molecule has 2 aromatic heterocycles. The van der Waals surface area contributed by atoms with E-state index < -0.39 is 10.0 Å². The second-order valence-corrected chi connectivity index (χ2v) is 8.07. The van der Waals surface area contributed by atoms with Crippen molar-refractivity contribution in [3.63, 3.8) is 0 Å². The van der Waals surface area contributed by atoms with Crippen molar-refractivity contribution in [1.29, 1.82) is 0 Å². The van der Waals surface area contributed by atoms with Gasteiger partial charge in [-0.2, -0.15) is 4.31 Å². The Balaban J connectivity index is 1.51. The molecule has 1 aliphatic rings. The number of piperidine rings is 1. The van der Waals surface area contributed by atoms with Gasteiger partial charge in [-0.3, -0.25) is 0 Å². The number of hydrogen-bond donors (Lipinski definition) is 0. The zero-order valence-electron chi connectivity index (χ0n) is 13.4. The van der Waals surface area contributed by atoms with E-state index in [0.29, 0.717) is 31.9 Å². The minimum Gasteiger partial charge on any atom is -0.460 e. The Bertz CT molecular complexity index is 1020. The Morgan fingerprint density at radius 3 is 2.54 bits per heavy atom. The number of aromatic nitrogens is 4. The number of halogens is 1. The van der Waals surface area contributed by atoms with E-state index in [-0.39, 0.29) is 27.1 Å². The summed E-state index contributed by atoms with van der Waals surface area (Å²) in [5, 5.41) is 7.64. The minimum atomic E-state index is -3.75. The third-order valence-electron chi connectivity index (χ3n) is 4.16. The van der Waals surface area contributed by atoms with E-state index >= 15 is 0 Å². The average Bonchev–Trinajstić information content (AvgIpc) is 3.14. The molecule has 9 nitrogen and oxygen atoms in total. The van der Waals surface area contributed by atoms with Crippen molar-refractivity contribution in [2.24, 2.45) is 0 Å². The molecule has 3 aromatic rings. The maximum atomic E-state index is 13.0. The van der Waals surface area contributed by atoms with Crippen molar-refractivity contribution >= 4 is 32.7 Å². The zero-order chi connectivity index (χ0) is 18.1. The normalized spacial score (nSPS) is 16.8. The van der Waals surface area contributed by atoms with Gasteiger partial charge in [0.15, 0.2) is 11.0 Å². The van der Waals surface area contributed by atoms with E-state index in [2.05, 4.69) is 24.9 Å². The van der Waals surface area contributed by atoms with Crippen LogP contribution in [-0.4, -0.2) is 52.2 Å². The first-order valence-corrected chi connectivity index (χ1v) is 9.72. The lowest BCUT2D eigenvalue weighted by molar-refractivity contribution is 0.124. The highest BCUT2D eigenvalue weighted by atomic mass is 35.5. The molecule has 1 aromatic carbocycles. The summed E-state index contributed by atoms with van der Waals surface area (Å²) in [5.41, 5.74) is 0.362. The first kappa shape index (κ1) is 17.1. The van der Waals surface area contributed by atoms with Gasteiger partial charge in [0.2, 0.25) is 10.0 Å². The monoisotopic (exact) mass is 395 g/mol. The summed E-state index contributed by atoms with van der Waals surface area (Å²) in [6.07, 6.45) is 4.12. The van der Waals surface area contributed by atoms with Crippen LogP contribution in [0.5, 0.6) is 6.01 Å². The maximum absolute atomic E-state index is 13.0. The van der Waals surface area contributed by atoms with Gasteiger partial charge in [-0.05, 0) is 41.4 Å². The van der Waals surface area contributed by atoms with Crippen LogP contribution in [0.3, 0.4) is 0 Å². The lowest BCUT2D eigenvalue weighted by atomic mass is 10.1. The Hall–Kier alpha value is -2.30. The van der Waals surface area contributed by atoms with Gasteiger partial charge >= 0.3 is 6.01 Å². The van der Waals surface area contributed by atoms with Crippen LogP contribution in [0.1, 0.15) is 12.8 Å². The molecular weight excluding hydrogens is 382 g/mol. The van der Waals surface area contributed by atoms with Crippen molar-refractivity contribution in [2.45, 2.75) is 23.8 Å². The molecule has 26 heavy (non-hydrogen) atoms. The zero-order valence-corrected chi connectivity index (χ0v) is 15.0. The van der Waals surface area contributed by atoms with Crippen LogP contribution < -0.4 is 4.74 Å². The molecule has 136 valence electrons. The van der Waals surface area contributed by atoms with Gasteiger partial charge in [0.05, 0.1) is 5.02 Å². The largest absolute Gasteiger partial charge is 0.460 e. The molecule has 3 heterocycles. The minimum absolute atomic E-state index is 0.0314. The quantitative estimate of drug-likeness (QED) is 0.658. The molecule has 0 unspecified atom stereocenters. The van der Waals surface area contributed by atoms with Crippen molar-refractivity contribution in [3.05, 3.63) is 35.6 Å². The van der Waals surface area contributed by atoms with E-state index in [9.17, 15) is 8.42 Å². The summed E-state index contributed by atoms with van der Waals surface area (Å²) in [6, 6.07) is 4.89. The molecule has 1 fully saturated rings. The molecule has 0 radical (unpaired) electrons. The summed E-state index contributed by atoms with van der Waals surface area (Å²) in [6.45, 7) is 0.629. The van der Waals surface area contributed by atoms with Crippen LogP contribution in [0.4, 0.5) is 0 Å². The number of ether oxygens (including phenoxy) is 1. The summed E-state index contributed by atoms with van der Waals surface area (Å²) in [4.78, 5) is 8.07. The van der Waals surface area contributed by atoms with E-state index in [1.54, 1.807) is 18.5 Å². The number of benzene rings is 1. The third kappa shape index (κ3) is 3.11. The molecule has 0 saturated carbocycles. The molecule has 0 spiro atoms. The van der Waals surface area contributed by atoms with E-state index in [1.165, 1.54) is 16.4 Å². The molecule has 0 aliphatic carbocycles. The summed E-state index contributed by atoms with van der Waals surface area (Å²) < 4.78 is 37.7. The number of hydrogen-bond acceptors (Lipinski definition) is 8. The van der Waals surface area contributed by atoms with Gasteiger partial charge in [-0.1, -0.05) is 11.6 Å². The SMILES string of the molecule is O=S(=O)(c1ccc(Cl)c2nonc12)N1CCC(Oc2ncccn2)CC1. The summed E-state index contributed by atoms with van der Waals surface area (Å²) >= 11 is 6.00. The van der Waals surface area contributed by atoms with E-state index in [0.717, 1.165) is 0 Å². The lowest BCUT2D eigenvalue weighted by Crippen LogP contribution is -2.41. The highest BCUT2D eigenvalue weighted by Crippen LogP contribution is 2.30. The van der Waals surface area contributed by atoms with Crippen LogP contribution in [0, 0.1) is 0 Å². The standard InChI is InChI=1S/C15H14ClN5O4S/c16-11-2-3-12(14-13(11)19-25-20-14)26(22,23)21-8-4-10(5-9-21)24-15-17-6-1-7-18-15/h1-3,6-7,10H,4-5,8-9H2. The fourth-order valence-corrected chi connectivity index (χ4v) is 4.62. The number of sulfonamides is 1. The summed E-state index contributed by atoms with van der Waals surface area (Å²) in [5.74, 6) is 0. The van der Waals surface area contributed by atoms with Gasteiger partial charge in [-0.15, -0.1) is 0 Å². The van der Waals surface area contributed by atoms with Crippen LogP contribution in [0.25, 0.3) is 11.0 Å². The second-order valence-electron chi connectivity index (χ2n) is 5.76. The first-order valence-electron chi connectivity index (χ1n) is 7.90. The highest BCUT2D eigenvalue weighted by Gasteiger charge is 2.33. The smallest absolute Gasteiger partial charge is 0.316 e. The first-order chi connectivity index (χ1) is 12.6. The van der Waals surface area contributed by atoms with Crippen LogP contribution >= 0.6 is 11.6 Å². The molecule has 4 rings (SSSR count). The van der Waals surface area contributed by atoms with Crippen molar-refractivity contribution in [1.82, 2.24) is 24.6 Å². The Kier molecular flexibility index (Phi) is 4.47. The molecule has 1 saturated heterocycles. The Morgan fingerprint density at radius 2 is 1.81 bits per heavy atom. The molecular formula is C15H14ClN5O4S. The van der Waals surface area contributed by atoms with Crippen molar-refractivity contribution < 1.29 is 17.8 Å². The molecule has 0 bridgehead atoms. The molecule has 0 N–H and O–H groups in total. The lowest BCUT2D eigenvalue weighted by Gasteiger charge is -2.30. The van der Waals surface area contributed by atoms with Crippen molar-refractivity contribution in [2.75, 3.05) is 13.1 Å². The molecule has 11 heteroatoms. The number of fused-ring (bicyclic) bond motifs is 1. The Morgan fingerprint density at radius 1 is 1.12 bits per heavy atom. The van der Waals surface area contributed by atoms with Gasteiger partial charge in [0.25, 0.3) is 0 Å². The molecule has 1 aliphatic heterocycles. The van der Waals surface area contributed by atoms with E-state index in [1.807, 2.05) is 0 Å². The predicted molar refractivity (Wildman–Crippen MR) is 91.3 cm³/mol. The topological polar surface area (TPSA) is 111 Å². The van der Waals surface area contributed by atoms with Gasteiger partial charge in [-0.25, -0.2) is 23.0 Å². The van der Waals surface area contributed by atoms with Gasteiger partial charge in [0.1, 0.15) is 11.0 Å². The second kappa shape index (κ2) is 6.78. The van der Waals surface area contributed by atoms with Gasteiger partial charge in [0, 0.05) is 25.5 Å². The van der Waals surface area contributed by atoms with Crippen LogP contribution in [0.2, 0.25) is 5.02 Å². The van der Waals surface area contributed by atoms with Crippen LogP contribution in [0.15, 0.2) is 40.1 Å². The fraction of sp³-hybridized carbons (Fsp3) is 0.333. The van der Waals surface area contributed by atoms with E-state index in [4.69, 9.17) is 16.3 Å². The highest BCUT2D eigenvalue weighted by molar-refractivity contribution is 7.89. The van der Waals surface area contributed by atoms with Gasteiger partial charge < -0.3 is 4.74 Å². The predicted octanol–water partition coefficient (Wildman–Crippen LogP) is 1.90. The van der Waals surface area contributed by atoms with Crippen LogP contribution in [-0.2, 0) is 10.0 Å². The third-order valence-corrected chi connectivity index (χ3v) is 6.40. The molecule has 0 amide bonds.